The van der Waals surface area contributed by atoms with Crippen LogP contribution >= 0.6 is 11.3 Å². The Morgan fingerprint density at radius 3 is 1.80 bits per heavy atom. The van der Waals surface area contributed by atoms with Gasteiger partial charge >= 0.3 is 0 Å². The first-order valence-corrected chi connectivity index (χ1v) is 21.3. The Kier molecular flexibility index (Phi) is 6.73. The average molecular weight is 769 g/mol. The molecule has 1 nitrogen and oxygen atoms in total. The van der Waals surface area contributed by atoms with Crippen molar-refractivity contribution in [2.45, 2.75) is 19.3 Å². The molecule has 276 valence electrons. The number of hydrogen-bond acceptors (Lipinski definition) is 2. The highest BCUT2D eigenvalue weighted by molar-refractivity contribution is 7.25. The molecule has 12 aromatic rings. The fourth-order valence-corrected chi connectivity index (χ4v) is 11.6. The van der Waals surface area contributed by atoms with Crippen molar-refractivity contribution in [2.75, 3.05) is 0 Å². The molecule has 1 aliphatic rings. The largest absolute Gasteiger partial charge is 0.455 e. The summed E-state index contributed by atoms with van der Waals surface area (Å²) >= 11 is 1.86. The monoisotopic (exact) mass is 768 g/mol. The third-order valence-electron chi connectivity index (χ3n) is 13.2. The van der Waals surface area contributed by atoms with Gasteiger partial charge in [0.25, 0.3) is 0 Å². The van der Waals surface area contributed by atoms with Gasteiger partial charge in [-0.3, -0.25) is 0 Å². The second kappa shape index (κ2) is 12.0. The van der Waals surface area contributed by atoms with E-state index >= 15 is 0 Å². The molecule has 0 bridgehead atoms. The minimum atomic E-state index is -0.0470. The zero-order valence-corrected chi connectivity index (χ0v) is 33.5. The van der Waals surface area contributed by atoms with E-state index in [0.29, 0.717) is 0 Å². The van der Waals surface area contributed by atoms with E-state index in [1.54, 1.807) is 0 Å². The van der Waals surface area contributed by atoms with Crippen LogP contribution in [0.15, 0.2) is 186 Å². The molecule has 0 aliphatic heterocycles. The van der Waals surface area contributed by atoms with E-state index in [-0.39, 0.29) is 5.41 Å². The Hall–Kier alpha value is -7.00. The second-order valence-electron chi connectivity index (χ2n) is 16.7. The van der Waals surface area contributed by atoms with Crippen LogP contribution in [-0.4, -0.2) is 0 Å². The van der Waals surface area contributed by atoms with Gasteiger partial charge < -0.3 is 4.42 Å². The molecule has 13 rings (SSSR count). The van der Waals surface area contributed by atoms with Gasteiger partial charge in [0.15, 0.2) is 0 Å². The molecule has 0 saturated carbocycles. The van der Waals surface area contributed by atoms with Crippen molar-refractivity contribution in [2.24, 2.45) is 0 Å². The molecule has 2 aromatic heterocycles. The van der Waals surface area contributed by atoms with Gasteiger partial charge in [-0.05, 0) is 125 Å². The first kappa shape index (κ1) is 33.0. The molecular weight excluding hydrogens is 733 g/mol. The fraction of sp³-hybridized carbons (Fsp3) is 0.0526. The molecule has 0 N–H and O–H groups in total. The predicted octanol–water partition coefficient (Wildman–Crippen LogP) is 16.7. The van der Waals surface area contributed by atoms with Crippen LogP contribution in [0, 0.1) is 0 Å². The highest BCUT2D eigenvalue weighted by Crippen LogP contribution is 2.53. The van der Waals surface area contributed by atoms with Crippen molar-refractivity contribution >= 4 is 85.8 Å². The van der Waals surface area contributed by atoms with Gasteiger partial charge in [0.1, 0.15) is 11.2 Å². The maximum absolute atomic E-state index is 7.04. The molecule has 10 aromatic carbocycles. The molecule has 0 atom stereocenters. The maximum atomic E-state index is 7.04. The Bertz CT molecular complexity index is 3710. The van der Waals surface area contributed by atoms with Crippen LogP contribution in [0.4, 0.5) is 0 Å². The predicted molar refractivity (Wildman–Crippen MR) is 253 cm³/mol. The minimum Gasteiger partial charge on any atom is -0.455 e. The zero-order valence-electron chi connectivity index (χ0n) is 32.6. The van der Waals surface area contributed by atoms with E-state index in [1.807, 2.05) is 11.3 Å². The molecular formula is C57H36OS. The Morgan fingerprint density at radius 2 is 1.00 bits per heavy atom. The SMILES string of the molecule is CC1(C)c2ccccc2-c2cc(-c3c4ccccc4c(-c4cc(-c5ccc6sc7ccccc7c6c5)cc5oc6c7ccccc7ccc6c45)c4ccccc34)ccc21. The molecule has 0 saturated heterocycles. The summed E-state index contributed by atoms with van der Waals surface area (Å²) in [6.45, 7) is 4.71. The second-order valence-corrected chi connectivity index (χ2v) is 17.8. The fourth-order valence-electron chi connectivity index (χ4n) is 10.5. The maximum Gasteiger partial charge on any atom is 0.143 e. The molecule has 2 heterocycles. The van der Waals surface area contributed by atoms with Gasteiger partial charge in [0.05, 0.1) is 0 Å². The van der Waals surface area contributed by atoms with Crippen LogP contribution in [0.25, 0.3) is 119 Å². The molecule has 0 amide bonds. The average Bonchev–Trinajstić information content (AvgIpc) is 3.92. The van der Waals surface area contributed by atoms with E-state index < -0.39 is 0 Å². The number of fused-ring (bicyclic) bond motifs is 13. The van der Waals surface area contributed by atoms with Crippen molar-refractivity contribution < 1.29 is 4.42 Å². The Labute approximate surface area is 345 Å². The quantitative estimate of drug-likeness (QED) is 0.163. The number of thiophene rings is 1. The lowest BCUT2D eigenvalue weighted by Crippen LogP contribution is -2.14. The van der Waals surface area contributed by atoms with Crippen LogP contribution in [0.5, 0.6) is 0 Å². The summed E-state index contributed by atoms with van der Waals surface area (Å²) < 4.78 is 9.66. The highest BCUT2D eigenvalue weighted by Gasteiger charge is 2.35. The van der Waals surface area contributed by atoms with E-state index in [9.17, 15) is 0 Å². The number of hydrogen-bond donors (Lipinski definition) is 0. The van der Waals surface area contributed by atoms with Crippen molar-refractivity contribution in [1.82, 2.24) is 0 Å². The van der Waals surface area contributed by atoms with E-state index in [0.717, 1.165) is 32.9 Å². The lowest BCUT2D eigenvalue weighted by atomic mass is 9.81. The molecule has 2 heteroatoms. The van der Waals surface area contributed by atoms with Crippen LogP contribution in [0.2, 0.25) is 0 Å². The summed E-state index contributed by atoms with van der Waals surface area (Å²) in [6.07, 6.45) is 0. The third kappa shape index (κ3) is 4.61. The summed E-state index contributed by atoms with van der Waals surface area (Å²) in [5.74, 6) is 0. The van der Waals surface area contributed by atoms with Gasteiger partial charge in [-0.15, -0.1) is 11.3 Å². The number of benzene rings is 10. The van der Waals surface area contributed by atoms with Gasteiger partial charge in [-0.25, -0.2) is 0 Å². The van der Waals surface area contributed by atoms with E-state index in [4.69, 9.17) is 4.42 Å². The Balaban J connectivity index is 1.13. The van der Waals surface area contributed by atoms with Gasteiger partial charge in [0.2, 0.25) is 0 Å². The van der Waals surface area contributed by atoms with Crippen LogP contribution in [0.3, 0.4) is 0 Å². The molecule has 59 heavy (non-hydrogen) atoms. The molecule has 0 radical (unpaired) electrons. The summed E-state index contributed by atoms with van der Waals surface area (Å²) in [7, 11) is 0. The van der Waals surface area contributed by atoms with Crippen molar-refractivity contribution in [3.8, 4) is 44.5 Å². The molecule has 1 aliphatic carbocycles. The zero-order chi connectivity index (χ0) is 39.0. The number of rotatable bonds is 3. The topological polar surface area (TPSA) is 13.1 Å². The van der Waals surface area contributed by atoms with Gasteiger partial charge in [-0.1, -0.05) is 153 Å². The lowest BCUT2D eigenvalue weighted by Gasteiger charge is -2.22. The smallest absolute Gasteiger partial charge is 0.143 e. The summed E-state index contributed by atoms with van der Waals surface area (Å²) in [5.41, 5.74) is 14.5. The highest BCUT2D eigenvalue weighted by atomic mass is 32.1. The minimum absolute atomic E-state index is 0.0470. The van der Waals surface area contributed by atoms with Gasteiger partial charge in [-0.2, -0.15) is 0 Å². The standard InChI is InChI=1S/C57H36OS/c1-57(2)48-21-11-9-15-38(48)45-30-35(24-27-49(45)57)53-40-17-5-7-19-42(40)54(43-20-8-6-18-41(43)53)47-31-36(34-25-28-52-46(29-34)39-16-10-12-22-51(39)59-52)32-50-55(47)44-26-23-33-13-3-4-14-37(33)56(44)58-50/h3-32H,1-2H3. The summed E-state index contributed by atoms with van der Waals surface area (Å²) in [6, 6.07) is 67.7. The molecule has 0 fully saturated rings. The van der Waals surface area contributed by atoms with Crippen molar-refractivity contribution in [3.63, 3.8) is 0 Å². The van der Waals surface area contributed by atoms with E-state index in [2.05, 4.69) is 196 Å². The van der Waals surface area contributed by atoms with Crippen LogP contribution in [0.1, 0.15) is 25.0 Å². The summed E-state index contributed by atoms with van der Waals surface area (Å²) in [5, 5.41) is 12.1. The van der Waals surface area contributed by atoms with Gasteiger partial charge in [0, 0.05) is 41.7 Å². The van der Waals surface area contributed by atoms with Crippen LogP contribution in [-0.2, 0) is 5.41 Å². The first-order valence-electron chi connectivity index (χ1n) is 20.5. The van der Waals surface area contributed by atoms with E-state index in [1.165, 1.54) is 97.2 Å². The van der Waals surface area contributed by atoms with Crippen molar-refractivity contribution in [1.29, 1.82) is 0 Å². The first-order chi connectivity index (χ1) is 29.0. The molecule has 0 spiro atoms. The Morgan fingerprint density at radius 1 is 0.390 bits per heavy atom. The summed E-state index contributed by atoms with van der Waals surface area (Å²) in [4.78, 5) is 0. The number of furan rings is 1. The normalized spacial score (nSPS) is 13.4. The third-order valence-corrected chi connectivity index (χ3v) is 14.4. The molecule has 0 unspecified atom stereocenters. The van der Waals surface area contributed by atoms with Crippen LogP contribution < -0.4 is 0 Å². The van der Waals surface area contributed by atoms with Crippen molar-refractivity contribution in [3.05, 3.63) is 193 Å². The lowest BCUT2D eigenvalue weighted by molar-refractivity contribution is 0.660.